The normalized spacial score (nSPS) is 11.9. The summed E-state index contributed by atoms with van der Waals surface area (Å²) in [6.45, 7) is 0. The van der Waals surface area contributed by atoms with Gasteiger partial charge in [0.2, 0.25) is 5.91 Å². The number of amides is 1. The number of nitrogens with zero attached hydrogens (tertiary/aromatic N) is 5. The smallest absolute Gasteiger partial charge is 0.222 e. The summed E-state index contributed by atoms with van der Waals surface area (Å²) in [6.07, 6.45) is 6.79. The Kier molecular flexibility index (Phi) is 5.10. The molecule has 146 valence electrons. The van der Waals surface area contributed by atoms with Crippen molar-refractivity contribution >= 4 is 17.4 Å². The molecule has 0 spiro atoms. The molecule has 0 fully saturated rings. The number of hydrogen-bond acceptors (Lipinski definition) is 6. The second-order valence-electron chi connectivity index (χ2n) is 6.36. The molecule has 0 saturated heterocycles. The van der Waals surface area contributed by atoms with E-state index in [1.54, 1.807) is 54.4 Å². The lowest BCUT2D eigenvalue weighted by Crippen LogP contribution is -2.24. The largest absolute Gasteiger partial charge is 0.363 e. The van der Waals surface area contributed by atoms with E-state index in [-0.39, 0.29) is 24.2 Å². The van der Waals surface area contributed by atoms with Gasteiger partial charge in [-0.1, -0.05) is 12.1 Å². The van der Waals surface area contributed by atoms with Crippen LogP contribution in [0.1, 0.15) is 18.0 Å². The van der Waals surface area contributed by atoms with Crippen molar-refractivity contribution in [1.82, 2.24) is 29.9 Å². The van der Waals surface area contributed by atoms with Gasteiger partial charge in [-0.3, -0.25) is 4.79 Å². The third-order valence-electron chi connectivity index (χ3n) is 4.49. The highest BCUT2D eigenvalue weighted by Crippen LogP contribution is 2.26. The quantitative estimate of drug-likeness (QED) is 0.524. The summed E-state index contributed by atoms with van der Waals surface area (Å²) in [4.78, 5) is 24.9. The van der Waals surface area contributed by atoms with Crippen LogP contribution in [0.15, 0.2) is 61.3 Å². The molecule has 0 aliphatic heterocycles. The van der Waals surface area contributed by atoms with Crippen LogP contribution >= 0.6 is 0 Å². The molecule has 0 saturated carbocycles. The van der Waals surface area contributed by atoms with Crippen molar-refractivity contribution in [1.29, 1.82) is 0 Å². The summed E-state index contributed by atoms with van der Waals surface area (Å²) in [7, 11) is 1.57. The lowest BCUT2D eigenvalue weighted by atomic mass is 10.0. The number of carbonyl (C=O) groups is 1. The SMILES string of the molecule is CNC(=O)CC(Nc1cc(-c2cnn3cccnc23)ncn1)c1ccc(F)cc1. The first-order valence-electron chi connectivity index (χ1n) is 8.97. The number of hydrogen-bond donors (Lipinski definition) is 2. The number of halogens is 1. The maximum Gasteiger partial charge on any atom is 0.222 e. The van der Waals surface area contributed by atoms with E-state index in [9.17, 15) is 9.18 Å². The van der Waals surface area contributed by atoms with Crippen molar-refractivity contribution in [3.8, 4) is 11.3 Å². The lowest BCUT2D eigenvalue weighted by Gasteiger charge is -2.19. The Labute approximate surface area is 165 Å². The summed E-state index contributed by atoms with van der Waals surface area (Å²) in [6, 6.07) is 9.20. The predicted octanol–water partition coefficient (Wildman–Crippen LogP) is 2.61. The van der Waals surface area contributed by atoms with Gasteiger partial charge in [-0.05, 0) is 23.8 Å². The number of fused-ring (bicyclic) bond motifs is 1. The Morgan fingerprint density at radius 1 is 1.21 bits per heavy atom. The fourth-order valence-electron chi connectivity index (χ4n) is 3.00. The van der Waals surface area contributed by atoms with Gasteiger partial charge >= 0.3 is 0 Å². The van der Waals surface area contributed by atoms with Crippen LogP contribution in [0.4, 0.5) is 10.2 Å². The van der Waals surface area contributed by atoms with Crippen molar-refractivity contribution in [3.63, 3.8) is 0 Å². The van der Waals surface area contributed by atoms with Crippen LogP contribution in [0, 0.1) is 5.82 Å². The molecule has 2 N–H and O–H groups in total. The van der Waals surface area contributed by atoms with Gasteiger partial charge in [-0.2, -0.15) is 5.10 Å². The van der Waals surface area contributed by atoms with Crippen molar-refractivity contribution in [2.24, 2.45) is 0 Å². The molecule has 0 bridgehead atoms. The van der Waals surface area contributed by atoms with Crippen LogP contribution < -0.4 is 10.6 Å². The van der Waals surface area contributed by atoms with E-state index in [2.05, 4.69) is 30.7 Å². The minimum absolute atomic E-state index is 0.145. The minimum atomic E-state index is -0.389. The molecule has 0 radical (unpaired) electrons. The zero-order chi connectivity index (χ0) is 20.2. The summed E-state index contributed by atoms with van der Waals surface area (Å²) in [5.41, 5.74) is 2.86. The summed E-state index contributed by atoms with van der Waals surface area (Å²) in [5.74, 6) is 0.0498. The van der Waals surface area contributed by atoms with Crippen LogP contribution in [0.25, 0.3) is 16.9 Å². The van der Waals surface area contributed by atoms with E-state index in [1.165, 1.54) is 18.5 Å². The standard InChI is InChI=1S/C20H18FN7O/c1-22-19(29)10-16(13-3-5-14(21)6-4-13)27-18-9-17(24-12-25-18)15-11-26-28-8-2-7-23-20(15)28/h2-9,11-12,16H,10H2,1H3,(H,22,29)(H,24,25,27). The average molecular weight is 391 g/mol. The molecule has 1 unspecified atom stereocenters. The van der Waals surface area contributed by atoms with E-state index in [1.807, 2.05) is 0 Å². The molecular formula is C20H18FN7O. The molecule has 4 rings (SSSR count). The van der Waals surface area contributed by atoms with E-state index >= 15 is 0 Å². The average Bonchev–Trinajstić information content (AvgIpc) is 3.18. The van der Waals surface area contributed by atoms with Crippen LogP contribution in [-0.4, -0.2) is 37.5 Å². The number of nitrogens with one attached hydrogen (secondary N) is 2. The topological polar surface area (TPSA) is 97.1 Å². The van der Waals surface area contributed by atoms with Gasteiger partial charge in [0.05, 0.1) is 29.9 Å². The summed E-state index contributed by atoms with van der Waals surface area (Å²) < 4.78 is 15.0. The van der Waals surface area contributed by atoms with Crippen LogP contribution in [0.2, 0.25) is 0 Å². The number of carbonyl (C=O) groups excluding carboxylic acids is 1. The maximum absolute atomic E-state index is 13.3. The predicted molar refractivity (Wildman–Crippen MR) is 105 cm³/mol. The zero-order valence-electron chi connectivity index (χ0n) is 15.6. The number of benzene rings is 1. The van der Waals surface area contributed by atoms with Gasteiger partial charge in [0, 0.05) is 25.5 Å². The molecular weight excluding hydrogens is 373 g/mol. The lowest BCUT2D eigenvalue weighted by molar-refractivity contribution is -0.120. The van der Waals surface area contributed by atoms with Gasteiger partial charge in [0.1, 0.15) is 18.0 Å². The Morgan fingerprint density at radius 3 is 2.83 bits per heavy atom. The van der Waals surface area contributed by atoms with Crippen LogP contribution in [0.3, 0.4) is 0 Å². The third kappa shape index (κ3) is 4.03. The number of aromatic nitrogens is 5. The van der Waals surface area contributed by atoms with E-state index in [4.69, 9.17) is 0 Å². The second-order valence-corrected chi connectivity index (χ2v) is 6.36. The first-order chi connectivity index (χ1) is 14.1. The third-order valence-corrected chi connectivity index (χ3v) is 4.49. The first kappa shape index (κ1) is 18.5. The van der Waals surface area contributed by atoms with E-state index in [0.717, 1.165) is 11.1 Å². The molecule has 1 atom stereocenters. The molecule has 3 heterocycles. The van der Waals surface area contributed by atoms with Crippen molar-refractivity contribution < 1.29 is 9.18 Å². The molecule has 4 aromatic rings. The number of rotatable bonds is 6. The molecule has 1 aromatic carbocycles. The Bertz CT molecular complexity index is 1140. The molecule has 29 heavy (non-hydrogen) atoms. The van der Waals surface area contributed by atoms with Crippen LogP contribution in [-0.2, 0) is 4.79 Å². The Balaban J connectivity index is 1.65. The van der Waals surface area contributed by atoms with Crippen LogP contribution in [0.5, 0.6) is 0 Å². The molecule has 0 aliphatic carbocycles. The molecule has 1 amide bonds. The fraction of sp³-hybridized carbons (Fsp3) is 0.150. The van der Waals surface area contributed by atoms with Gasteiger partial charge in [-0.15, -0.1) is 0 Å². The summed E-state index contributed by atoms with van der Waals surface area (Å²) in [5, 5.41) is 10.1. The van der Waals surface area contributed by atoms with Crippen molar-refractivity contribution in [3.05, 3.63) is 72.7 Å². The van der Waals surface area contributed by atoms with Gasteiger partial charge in [-0.25, -0.2) is 23.9 Å². The Hall–Kier alpha value is -3.88. The minimum Gasteiger partial charge on any atom is -0.363 e. The number of anilines is 1. The van der Waals surface area contributed by atoms with E-state index < -0.39 is 0 Å². The second kappa shape index (κ2) is 8.01. The van der Waals surface area contributed by atoms with Gasteiger partial charge in [0.25, 0.3) is 0 Å². The van der Waals surface area contributed by atoms with Crippen molar-refractivity contribution in [2.75, 3.05) is 12.4 Å². The van der Waals surface area contributed by atoms with Gasteiger partial charge < -0.3 is 10.6 Å². The summed E-state index contributed by atoms with van der Waals surface area (Å²) >= 11 is 0. The highest BCUT2D eigenvalue weighted by molar-refractivity contribution is 5.77. The monoisotopic (exact) mass is 391 g/mol. The first-order valence-corrected chi connectivity index (χ1v) is 8.97. The van der Waals surface area contributed by atoms with E-state index in [0.29, 0.717) is 17.2 Å². The zero-order valence-corrected chi connectivity index (χ0v) is 15.6. The van der Waals surface area contributed by atoms with Gasteiger partial charge in [0.15, 0.2) is 5.65 Å². The highest BCUT2D eigenvalue weighted by Gasteiger charge is 2.17. The molecule has 3 aromatic heterocycles. The van der Waals surface area contributed by atoms with Crippen molar-refractivity contribution in [2.45, 2.75) is 12.5 Å². The highest BCUT2D eigenvalue weighted by atomic mass is 19.1. The molecule has 8 nitrogen and oxygen atoms in total. The maximum atomic E-state index is 13.3. The molecule has 9 heteroatoms. The Morgan fingerprint density at radius 2 is 2.03 bits per heavy atom. The fourth-order valence-corrected chi connectivity index (χ4v) is 3.00. The molecule has 0 aliphatic rings.